The zero-order valence-electron chi connectivity index (χ0n) is 29.9. The number of hydrogen-bond donors (Lipinski definition) is 0. The smallest absolute Gasteiger partial charge is 0.410 e. The van der Waals surface area contributed by atoms with Crippen molar-refractivity contribution in [1.29, 1.82) is 0 Å². The van der Waals surface area contributed by atoms with Crippen molar-refractivity contribution in [3.05, 3.63) is 95.3 Å². The van der Waals surface area contributed by atoms with Crippen LogP contribution in [0.25, 0.3) is 55.0 Å². The minimum Gasteiger partial charge on any atom is -0.468 e. The third-order valence-electron chi connectivity index (χ3n) is 9.94. The number of halogens is 2. The van der Waals surface area contributed by atoms with E-state index in [1.807, 2.05) is 99.3 Å². The molecule has 266 valence electrons. The fourth-order valence-electron chi connectivity index (χ4n) is 7.82. The van der Waals surface area contributed by atoms with Crippen molar-refractivity contribution in [2.24, 2.45) is 0 Å². The second-order valence-electron chi connectivity index (χ2n) is 14.8. The van der Waals surface area contributed by atoms with Crippen molar-refractivity contribution in [1.82, 2.24) is 14.9 Å². The number of carbonyl (C=O) groups is 1. The van der Waals surface area contributed by atoms with E-state index in [9.17, 15) is 4.79 Å². The van der Waals surface area contributed by atoms with Gasteiger partial charge in [-0.05, 0) is 91.4 Å². The summed E-state index contributed by atoms with van der Waals surface area (Å²) in [4.78, 5) is 27.6. The Kier molecular flexibility index (Phi) is 8.66. The summed E-state index contributed by atoms with van der Waals surface area (Å²) in [5.41, 5.74) is 2.24. The maximum absolute atomic E-state index is 17.5. The molecule has 8 nitrogen and oxygen atoms in total. The van der Waals surface area contributed by atoms with Gasteiger partial charge in [0.25, 0.3) is 0 Å². The van der Waals surface area contributed by atoms with E-state index >= 15 is 4.39 Å². The largest absolute Gasteiger partial charge is 0.468 e. The number of piperazine rings is 1. The summed E-state index contributed by atoms with van der Waals surface area (Å²) < 4.78 is 34.4. The summed E-state index contributed by atoms with van der Waals surface area (Å²) >= 11 is 7.09. The molecule has 52 heavy (non-hydrogen) atoms. The average Bonchev–Trinajstić information content (AvgIpc) is 3.38. The highest BCUT2D eigenvalue weighted by Crippen LogP contribution is 2.44. The number of hydrogen-bond acceptors (Lipinski definition) is 7. The number of fused-ring (bicyclic) bond motifs is 5. The molecule has 2 atom stereocenters. The number of ether oxygens (including phenoxy) is 3. The Balaban J connectivity index is 1.34. The van der Waals surface area contributed by atoms with E-state index in [1.165, 1.54) is 0 Å². The van der Waals surface area contributed by atoms with Crippen LogP contribution in [-0.2, 0) is 9.47 Å². The Hall–Kier alpha value is -4.99. The van der Waals surface area contributed by atoms with Crippen LogP contribution in [-0.4, -0.2) is 65.6 Å². The van der Waals surface area contributed by atoms with Gasteiger partial charge in [0.2, 0.25) is 0 Å². The molecule has 1 aromatic heterocycles. The SMILES string of the molecule is COCOc1cc(-c2nc(N3CC4CCC(C3)N4C(=O)OC(C)(C)C)c3cc(Cl)c(-c4cc(C)cc5ccccc45)c(F)c3n2)c2ccccc2c1. The van der Waals surface area contributed by atoms with Gasteiger partial charge in [-0.2, -0.15) is 0 Å². The summed E-state index contributed by atoms with van der Waals surface area (Å²) in [6, 6.07) is 25.3. The molecule has 2 saturated heterocycles. The van der Waals surface area contributed by atoms with Gasteiger partial charge in [0.15, 0.2) is 18.4 Å². The standard InChI is InChI=1S/C42H40ClFN4O4/c1-24-16-25-10-6-8-12-30(25)32(17-24)36-35(43)20-34-38(37(36)44)45-39(33-19-29(51-23-50-5)18-26-11-7-9-13-31(26)33)46-40(34)47-21-27-14-15-28(22-47)48(27)41(49)52-42(2,3)4/h6-13,16-20,27-28H,14-15,21-23H2,1-5H3. The molecule has 0 saturated carbocycles. The van der Waals surface area contributed by atoms with Crippen LogP contribution in [0, 0.1) is 12.7 Å². The number of anilines is 1. The van der Waals surface area contributed by atoms with Gasteiger partial charge >= 0.3 is 6.09 Å². The fraction of sp³-hybridized carbons (Fsp3) is 0.310. The van der Waals surface area contributed by atoms with Crippen LogP contribution in [0.2, 0.25) is 5.02 Å². The van der Waals surface area contributed by atoms with Crippen molar-refractivity contribution >= 4 is 56.0 Å². The van der Waals surface area contributed by atoms with E-state index in [1.54, 1.807) is 13.2 Å². The van der Waals surface area contributed by atoms with Gasteiger partial charge in [-0.1, -0.05) is 72.3 Å². The number of methoxy groups -OCH3 is 1. The lowest BCUT2D eigenvalue weighted by molar-refractivity contribution is 0.0123. The number of benzene rings is 5. The van der Waals surface area contributed by atoms with E-state index in [4.69, 9.17) is 35.8 Å². The zero-order chi connectivity index (χ0) is 36.3. The summed E-state index contributed by atoms with van der Waals surface area (Å²) in [7, 11) is 1.57. The highest BCUT2D eigenvalue weighted by Gasteiger charge is 2.45. The molecular weight excluding hydrogens is 679 g/mol. The molecule has 2 aliphatic rings. The van der Waals surface area contributed by atoms with Gasteiger partial charge in [-0.3, -0.25) is 4.90 Å². The van der Waals surface area contributed by atoms with E-state index < -0.39 is 11.4 Å². The summed E-state index contributed by atoms with van der Waals surface area (Å²) in [5.74, 6) is 0.974. The molecule has 10 heteroatoms. The molecule has 8 rings (SSSR count). The van der Waals surface area contributed by atoms with Crippen LogP contribution in [0.3, 0.4) is 0 Å². The number of aromatic nitrogens is 2. The maximum atomic E-state index is 17.5. The summed E-state index contributed by atoms with van der Waals surface area (Å²) in [6.45, 7) is 8.70. The molecular formula is C42H40ClFN4O4. The topological polar surface area (TPSA) is 77.0 Å². The van der Waals surface area contributed by atoms with Crippen molar-refractivity contribution in [2.45, 2.75) is 58.2 Å². The molecule has 1 amide bonds. The van der Waals surface area contributed by atoms with E-state index in [-0.39, 0.29) is 35.5 Å². The first kappa shape index (κ1) is 34.1. The lowest BCUT2D eigenvalue weighted by atomic mass is 9.94. The minimum atomic E-state index is -0.607. The molecule has 0 aliphatic carbocycles. The molecule has 2 bridgehead atoms. The van der Waals surface area contributed by atoms with Gasteiger partial charge in [0, 0.05) is 36.7 Å². The van der Waals surface area contributed by atoms with Gasteiger partial charge in [0.1, 0.15) is 22.7 Å². The van der Waals surface area contributed by atoms with Crippen LogP contribution in [0.5, 0.6) is 5.75 Å². The van der Waals surface area contributed by atoms with Crippen molar-refractivity contribution in [3.8, 4) is 28.3 Å². The minimum absolute atomic E-state index is 0.0627. The zero-order valence-corrected chi connectivity index (χ0v) is 30.6. The van der Waals surface area contributed by atoms with Crippen LogP contribution in [0.1, 0.15) is 39.2 Å². The molecule has 0 spiro atoms. The first-order valence-electron chi connectivity index (χ1n) is 17.6. The first-order valence-corrected chi connectivity index (χ1v) is 18.0. The molecule has 6 aromatic rings. The molecule has 2 unspecified atom stereocenters. The normalized spacial score (nSPS) is 17.4. The van der Waals surface area contributed by atoms with Gasteiger partial charge in [-0.15, -0.1) is 0 Å². The Morgan fingerprint density at radius 1 is 0.885 bits per heavy atom. The average molecular weight is 719 g/mol. The van der Waals surface area contributed by atoms with Crippen LogP contribution < -0.4 is 9.64 Å². The molecule has 2 aliphatic heterocycles. The molecule has 3 heterocycles. The van der Waals surface area contributed by atoms with E-state index in [2.05, 4.69) is 11.0 Å². The maximum Gasteiger partial charge on any atom is 0.410 e. The molecule has 0 N–H and O–H groups in total. The monoisotopic (exact) mass is 718 g/mol. The Morgan fingerprint density at radius 2 is 1.54 bits per heavy atom. The van der Waals surface area contributed by atoms with Crippen LogP contribution in [0.4, 0.5) is 15.0 Å². The van der Waals surface area contributed by atoms with Gasteiger partial charge in [-0.25, -0.2) is 19.2 Å². The van der Waals surface area contributed by atoms with Crippen LogP contribution >= 0.6 is 11.6 Å². The van der Waals surface area contributed by atoms with E-state index in [0.29, 0.717) is 52.6 Å². The lowest BCUT2D eigenvalue weighted by Crippen LogP contribution is -2.57. The molecule has 2 fully saturated rings. The highest BCUT2D eigenvalue weighted by atomic mass is 35.5. The van der Waals surface area contributed by atoms with Crippen LogP contribution in [0.15, 0.2) is 78.9 Å². The van der Waals surface area contributed by atoms with Crippen molar-refractivity contribution < 1.29 is 23.4 Å². The van der Waals surface area contributed by atoms with Crippen molar-refractivity contribution in [2.75, 3.05) is 31.9 Å². The Bertz CT molecular complexity index is 2360. The number of rotatable bonds is 6. The molecule has 5 aromatic carbocycles. The fourth-order valence-corrected chi connectivity index (χ4v) is 8.12. The highest BCUT2D eigenvalue weighted by molar-refractivity contribution is 6.35. The second-order valence-corrected chi connectivity index (χ2v) is 15.2. The Labute approximate surface area is 307 Å². The number of nitrogens with zero attached hydrogens (tertiary/aromatic N) is 4. The lowest BCUT2D eigenvalue weighted by Gasteiger charge is -2.42. The number of aryl methyl sites for hydroxylation is 1. The van der Waals surface area contributed by atoms with E-state index in [0.717, 1.165) is 39.9 Å². The summed E-state index contributed by atoms with van der Waals surface area (Å²) in [6.07, 6.45) is 1.36. The first-order chi connectivity index (χ1) is 25.0. The quantitative estimate of drug-likeness (QED) is 0.159. The summed E-state index contributed by atoms with van der Waals surface area (Å²) in [5, 5.41) is 4.49. The number of carbonyl (C=O) groups excluding carboxylic acids is 1. The van der Waals surface area contributed by atoms with Gasteiger partial charge in [0.05, 0.1) is 17.1 Å². The molecule has 0 radical (unpaired) electrons. The predicted octanol–water partition coefficient (Wildman–Crippen LogP) is 9.94. The predicted molar refractivity (Wildman–Crippen MR) is 205 cm³/mol. The third-order valence-corrected chi connectivity index (χ3v) is 10.2. The Morgan fingerprint density at radius 3 is 2.21 bits per heavy atom. The third kappa shape index (κ3) is 6.16. The van der Waals surface area contributed by atoms with Gasteiger partial charge < -0.3 is 19.1 Å². The van der Waals surface area contributed by atoms with Crippen molar-refractivity contribution in [3.63, 3.8) is 0 Å². The number of amides is 1. The second kappa shape index (κ2) is 13.2.